The Labute approximate surface area is 80.6 Å². The number of aromatic carboxylic acids is 1. The van der Waals surface area contributed by atoms with Gasteiger partial charge in [0.25, 0.3) is 0 Å². The van der Waals surface area contributed by atoms with Gasteiger partial charge in [-0.2, -0.15) is 5.10 Å². The molecular formula is C10H10N2O2. The smallest absolute Gasteiger partial charge is 0.356 e. The predicted octanol–water partition coefficient (Wildman–Crippen LogP) is 1.18. The van der Waals surface area contributed by atoms with Crippen LogP contribution in [0.3, 0.4) is 0 Å². The number of aromatic amines is 1. The molecule has 0 amide bonds. The topological polar surface area (TPSA) is 66.0 Å². The van der Waals surface area contributed by atoms with Gasteiger partial charge in [0.15, 0.2) is 5.69 Å². The summed E-state index contributed by atoms with van der Waals surface area (Å²) in [6.45, 7) is 3.77. The molecule has 0 saturated heterocycles. The molecule has 0 aromatic carbocycles. The van der Waals surface area contributed by atoms with Gasteiger partial charge in [-0.25, -0.2) is 4.79 Å². The Hall–Kier alpha value is -1.58. The predicted molar refractivity (Wildman–Crippen MR) is 49.2 cm³/mol. The number of carboxylic acid groups (broad SMARTS) is 1. The summed E-state index contributed by atoms with van der Waals surface area (Å²) in [5, 5.41) is 15.5. The maximum absolute atomic E-state index is 10.8. The molecule has 2 aliphatic rings. The molecule has 4 heteroatoms. The zero-order chi connectivity index (χ0) is 9.87. The first-order valence-corrected chi connectivity index (χ1v) is 4.67. The van der Waals surface area contributed by atoms with Crippen molar-refractivity contribution >= 4 is 5.97 Å². The molecule has 0 radical (unpaired) electrons. The van der Waals surface area contributed by atoms with Crippen LogP contribution in [0.5, 0.6) is 0 Å². The number of hydrogen-bond donors (Lipinski definition) is 2. The van der Waals surface area contributed by atoms with E-state index in [1.165, 1.54) is 0 Å². The van der Waals surface area contributed by atoms with Gasteiger partial charge in [-0.05, 0) is 18.3 Å². The van der Waals surface area contributed by atoms with Crippen LogP contribution in [0.25, 0.3) is 0 Å². The van der Waals surface area contributed by atoms with E-state index in [9.17, 15) is 4.79 Å². The van der Waals surface area contributed by atoms with E-state index in [2.05, 4.69) is 16.8 Å². The lowest BCUT2D eigenvalue weighted by Crippen LogP contribution is -2.02. The first-order chi connectivity index (χ1) is 6.74. The van der Waals surface area contributed by atoms with Crippen molar-refractivity contribution < 1.29 is 9.90 Å². The molecule has 72 valence electrons. The highest BCUT2D eigenvalue weighted by Gasteiger charge is 2.56. The molecule has 4 nitrogen and oxygen atoms in total. The van der Waals surface area contributed by atoms with Crippen molar-refractivity contribution in [1.29, 1.82) is 0 Å². The van der Waals surface area contributed by atoms with Crippen molar-refractivity contribution in [2.45, 2.75) is 12.3 Å². The summed E-state index contributed by atoms with van der Waals surface area (Å²) in [4.78, 5) is 10.8. The minimum Gasteiger partial charge on any atom is -0.476 e. The lowest BCUT2D eigenvalue weighted by Gasteiger charge is -1.97. The van der Waals surface area contributed by atoms with E-state index < -0.39 is 5.97 Å². The third kappa shape index (κ3) is 0.737. The van der Waals surface area contributed by atoms with Crippen LogP contribution >= 0.6 is 0 Å². The van der Waals surface area contributed by atoms with Crippen LogP contribution in [0, 0.1) is 11.8 Å². The van der Waals surface area contributed by atoms with E-state index in [0.717, 1.165) is 17.7 Å². The van der Waals surface area contributed by atoms with Gasteiger partial charge in [-0.15, -0.1) is 6.58 Å². The standard InChI is InChI=1S/C10H10N2O2/c1-2-4-5-3-6-8(7(4)5)11-12-9(6)10(13)14/h2,4-5,7H,1,3H2,(H,11,12)(H,13,14)/t4-,5+,7-/m0/s1. The third-order valence-corrected chi connectivity index (χ3v) is 3.38. The Balaban J connectivity index is 2.02. The van der Waals surface area contributed by atoms with Gasteiger partial charge >= 0.3 is 5.97 Å². The molecule has 0 aliphatic heterocycles. The molecule has 1 fully saturated rings. The summed E-state index contributed by atoms with van der Waals surface area (Å²) >= 11 is 0. The highest BCUT2D eigenvalue weighted by atomic mass is 16.4. The van der Waals surface area contributed by atoms with E-state index in [4.69, 9.17) is 5.11 Å². The zero-order valence-electron chi connectivity index (χ0n) is 7.53. The Kier molecular flexibility index (Phi) is 1.26. The third-order valence-electron chi connectivity index (χ3n) is 3.38. The van der Waals surface area contributed by atoms with Crippen molar-refractivity contribution in [1.82, 2.24) is 10.2 Å². The molecule has 2 N–H and O–H groups in total. The Morgan fingerprint density at radius 2 is 2.50 bits per heavy atom. The summed E-state index contributed by atoms with van der Waals surface area (Å²) in [5.74, 6) is 0.640. The Bertz CT molecular complexity index is 435. The second-order valence-corrected chi connectivity index (χ2v) is 3.98. The number of carboxylic acids is 1. The summed E-state index contributed by atoms with van der Waals surface area (Å²) in [6.07, 6.45) is 2.80. The second kappa shape index (κ2) is 2.26. The fourth-order valence-electron chi connectivity index (χ4n) is 2.67. The van der Waals surface area contributed by atoms with E-state index in [0.29, 0.717) is 17.8 Å². The Morgan fingerprint density at radius 3 is 3.14 bits per heavy atom. The van der Waals surface area contributed by atoms with Gasteiger partial charge < -0.3 is 5.11 Å². The molecule has 0 spiro atoms. The average molecular weight is 190 g/mol. The van der Waals surface area contributed by atoms with Crippen LogP contribution in [0.1, 0.15) is 27.7 Å². The number of carbonyl (C=O) groups is 1. The molecule has 1 aromatic rings. The van der Waals surface area contributed by atoms with Gasteiger partial charge in [0.1, 0.15) is 0 Å². The zero-order valence-corrected chi connectivity index (χ0v) is 7.53. The number of aromatic nitrogens is 2. The maximum Gasteiger partial charge on any atom is 0.356 e. The number of nitrogens with zero attached hydrogens (tertiary/aromatic N) is 1. The van der Waals surface area contributed by atoms with Crippen LogP contribution in [0.15, 0.2) is 12.7 Å². The number of nitrogens with one attached hydrogen (secondary N) is 1. The summed E-state index contributed by atoms with van der Waals surface area (Å²) in [6, 6.07) is 0. The van der Waals surface area contributed by atoms with Crippen molar-refractivity contribution in [3.05, 3.63) is 29.6 Å². The highest BCUT2D eigenvalue weighted by Crippen LogP contribution is 2.61. The number of H-pyrrole nitrogens is 1. The maximum atomic E-state index is 10.8. The van der Waals surface area contributed by atoms with Crippen LogP contribution in [-0.4, -0.2) is 21.3 Å². The van der Waals surface area contributed by atoms with Crippen LogP contribution in [-0.2, 0) is 6.42 Å². The largest absolute Gasteiger partial charge is 0.476 e. The van der Waals surface area contributed by atoms with Gasteiger partial charge in [0, 0.05) is 17.2 Å². The Morgan fingerprint density at radius 1 is 1.71 bits per heavy atom. The number of rotatable bonds is 2. The van der Waals surface area contributed by atoms with E-state index in [-0.39, 0.29) is 5.69 Å². The summed E-state index contributed by atoms with van der Waals surface area (Å²) in [7, 11) is 0. The monoisotopic (exact) mass is 190 g/mol. The molecule has 1 saturated carbocycles. The SMILES string of the molecule is C=C[C@H]1[C@H]2Cc3c(C(=O)O)n[nH]c3[C@@H]12. The first-order valence-electron chi connectivity index (χ1n) is 4.67. The van der Waals surface area contributed by atoms with Gasteiger partial charge in [-0.3, -0.25) is 5.10 Å². The van der Waals surface area contributed by atoms with Gasteiger partial charge in [-0.1, -0.05) is 6.08 Å². The molecule has 3 atom stereocenters. The van der Waals surface area contributed by atoms with Crippen LogP contribution in [0.4, 0.5) is 0 Å². The lowest BCUT2D eigenvalue weighted by atomic mass is 10.1. The molecule has 1 heterocycles. The second-order valence-electron chi connectivity index (χ2n) is 3.98. The number of hydrogen-bond acceptors (Lipinski definition) is 2. The van der Waals surface area contributed by atoms with E-state index >= 15 is 0 Å². The molecule has 1 aromatic heterocycles. The molecule has 14 heavy (non-hydrogen) atoms. The normalized spacial score (nSPS) is 32.1. The van der Waals surface area contributed by atoms with Crippen molar-refractivity contribution in [3.8, 4) is 0 Å². The van der Waals surface area contributed by atoms with E-state index in [1.807, 2.05) is 6.08 Å². The molecule has 3 rings (SSSR count). The fraction of sp³-hybridized carbons (Fsp3) is 0.400. The highest BCUT2D eigenvalue weighted by molar-refractivity contribution is 5.88. The van der Waals surface area contributed by atoms with Gasteiger partial charge in [0.2, 0.25) is 0 Å². The molecule has 2 aliphatic carbocycles. The number of fused-ring (bicyclic) bond motifs is 3. The molecular weight excluding hydrogens is 180 g/mol. The summed E-state index contributed by atoms with van der Waals surface area (Å²) < 4.78 is 0. The first kappa shape index (κ1) is 7.79. The van der Waals surface area contributed by atoms with Crippen molar-refractivity contribution in [3.63, 3.8) is 0 Å². The quantitative estimate of drug-likeness (QED) is 0.688. The summed E-state index contributed by atoms with van der Waals surface area (Å²) in [5.41, 5.74) is 2.14. The van der Waals surface area contributed by atoms with Crippen LogP contribution in [0.2, 0.25) is 0 Å². The molecule has 0 bridgehead atoms. The minimum absolute atomic E-state index is 0.204. The minimum atomic E-state index is -0.932. The van der Waals surface area contributed by atoms with Crippen LogP contribution < -0.4 is 0 Å². The van der Waals surface area contributed by atoms with Crippen molar-refractivity contribution in [2.75, 3.05) is 0 Å². The van der Waals surface area contributed by atoms with Crippen molar-refractivity contribution in [2.24, 2.45) is 11.8 Å². The molecule has 0 unspecified atom stereocenters. The fourth-order valence-corrected chi connectivity index (χ4v) is 2.67. The average Bonchev–Trinajstić information content (AvgIpc) is 2.55. The lowest BCUT2D eigenvalue weighted by molar-refractivity contribution is 0.0689. The van der Waals surface area contributed by atoms with E-state index in [1.54, 1.807) is 0 Å². The van der Waals surface area contributed by atoms with Gasteiger partial charge in [0.05, 0.1) is 0 Å². The number of allylic oxidation sites excluding steroid dienone is 1.